The predicted octanol–water partition coefficient (Wildman–Crippen LogP) is 1.40. The highest BCUT2D eigenvalue weighted by molar-refractivity contribution is 7.92. The SMILES string of the molecule is CC(C)(C)OC(=O)CS(=O)(=O)CCC(F)F. The van der Waals surface area contributed by atoms with Crippen molar-refractivity contribution in [3.05, 3.63) is 0 Å². The summed E-state index contributed by atoms with van der Waals surface area (Å²) in [6.45, 7) is 4.78. The van der Waals surface area contributed by atoms with E-state index in [1.165, 1.54) is 0 Å². The fraction of sp³-hybridized carbons (Fsp3) is 0.889. The Hall–Kier alpha value is -0.720. The number of halogens is 2. The van der Waals surface area contributed by atoms with Gasteiger partial charge < -0.3 is 4.74 Å². The minimum Gasteiger partial charge on any atom is -0.459 e. The number of hydrogen-bond donors (Lipinski definition) is 0. The third-order valence-electron chi connectivity index (χ3n) is 1.40. The molecule has 0 aromatic heterocycles. The normalized spacial score (nSPS) is 12.9. The monoisotopic (exact) mass is 258 g/mol. The van der Waals surface area contributed by atoms with E-state index in [1.54, 1.807) is 20.8 Å². The molecule has 0 radical (unpaired) electrons. The Kier molecular flexibility index (Phi) is 5.31. The van der Waals surface area contributed by atoms with Gasteiger partial charge in [0.15, 0.2) is 9.84 Å². The van der Waals surface area contributed by atoms with Crippen molar-refractivity contribution < 1.29 is 26.7 Å². The fourth-order valence-corrected chi connectivity index (χ4v) is 1.99. The van der Waals surface area contributed by atoms with Crippen LogP contribution in [0.5, 0.6) is 0 Å². The van der Waals surface area contributed by atoms with E-state index >= 15 is 0 Å². The first-order valence-electron chi connectivity index (χ1n) is 4.72. The van der Waals surface area contributed by atoms with Gasteiger partial charge in [-0.1, -0.05) is 0 Å². The Morgan fingerprint density at radius 3 is 2.19 bits per heavy atom. The molecule has 0 bridgehead atoms. The van der Waals surface area contributed by atoms with E-state index < -0.39 is 45.8 Å². The van der Waals surface area contributed by atoms with Crippen LogP contribution < -0.4 is 0 Å². The molecule has 0 saturated carbocycles. The number of esters is 1. The molecule has 0 N–H and O–H groups in total. The van der Waals surface area contributed by atoms with Crippen LogP contribution in [-0.4, -0.2) is 37.9 Å². The van der Waals surface area contributed by atoms with Crippen molar-refractivity contribution in [3.8, 4) is 0 Å². The zero-order valence-electron chi connectivity index (χ0n) is 9.50. The summed E-state index contributed by atoms with van der Waals surface area (Å²) >= 11 is 0. The smallest absolute Gasteiger partial charge is 0.321 e. The largest absolute Gasteiger partial charge is 0.459 e. The molecular weight excluding hydrogens is 242 g/mol. The Balaban J connectivity index is 4.22. The average Bonchev–Trinajstić information content (AvgIpc) is 1.95. The minimum atomic E-state index is -3.80. The van der Waals surface area contributed by atoms with Crippen LogP contribution >= 0.6 is 0 Å². The maximum atomic E-state index is 11.8. The third-order valence-corrected chi connectivity index (χ3v) is 2.94. The van der Waals surface area contributed by atoms with E-state index in [4.69, 9.17) is 4.74 Å². The Morgan fingerprint density at radius 1 is 1.31 bits per heavy atom. The van der Waals surface area contributed by atoms with Gasteiger partial charge >= 0.3 is 5.97 Å². The summed E-state index contributed by atoms with van der Waals surface area (Å²) in [7, 11) is -3.80. The van der Waals surface area contributed by atoms with Gasteiger partial charge in [0.1, 0.15) is 11.4 Å². The molecule has 0 aliphatic heterocycles. The van der Waals surface area contributed by atoms with Gasteiger partial charge in [-0.15, -0.1) is 0 Å². The summed E-state index contributed by atoms with van der Waals surface area (Å²) in [5.41, 5.74) is -0.782. The predicted molar refractivity (Wildman–Crippen MR) is 55.1 cm³/mol. The van der Waals surface area contributed by atoms with Crippen LogP contribution in [0.15, 0.2) is 0 Å². The number of rotatable bonds is 5. The summed E-state index contributed by atoms with van der Waals surface area (Å²) in [6, 6.07) is 0. The highest BCUT2D eigenvalue weighted by Gasteiger charge is 2.23. The zero-order valence-corrected chi connectivity index (χ0v) is 10.3. The Morgan fingerprint density at radius 2 is 1.81 bits per heavy atom. The van der Waals surface area contributed by atoms with Crippen LogP contribution in [0.2, 0.25) is 0 Å². The van der Waals surface area contributed by atoms with Gasteiger partial charge in [0, 0.05) is 6.42 Å². The Labute approximate surface area is 93.9 Å². The number of carbonyl (C=O) groups excluding carboxylic acids is 1. The quantitative estimate of drug-likeness (QED) is 0.699. The van der Waals surface area contributed by atoms with Crippen molar-refractivity contribution in [2.24, 2.45) is 0 Å². The van der Waals surface area contributed by atoms with Crippen molar-refractivity contribution in [1.29, 1.82) is 0 Å². The van der Waals surface area contributed by atoms with Gasteiger partial charge in [0.2, 0.25) is 6.43 Å². The van der Waals surface area contributed by atoms with Crippen LogP contribution in [0.1, 0.15) is 27.2 Å². The zero-order chi connectivity index (χ0) is 13.0. The lowest BCUT2D eigenvalue weighted by Gasteiger charge is -2.19. The van der Waals surface area contributed by atoms with E-state index in [0.29, 0.717) is 0 Å². The van der Waals surface area contributed by atoms with E-state index in [2.05, 4.69) is 0 Å². The second-order valence-electron chi connectivity index (χ2n) is 4.36. The van der Waals surface area contributed by atoms with Gasteiger partial charge in [-0.2, -0.15) is 0 Å². The van der Waals surface area contributed by atoms with E-state index in [1.807, 2.05) is 0 Å². The maximum absolute atomic E-state index is 11.8. The van der Waals surface area contributed by atoms with Crippen LogP contribution in [0.3, 0.4) is 0 Å². The van der Waals surface area contributed by atoms with Crippen molar-refractivity contribution in [1.82, 2.24) is 0 Å². The molecule has 0 unspecified atom stereocenters. The molecule has 96 valence electrons. The minimum absolute atomic E-state index is 0.704. The lowest BCUT2D eigenvalue weighted by Crippen LogP contribution is -2.29. The second kappa shape index (κ2) is 5.56. The standard InChI is InChI=1S/C9H16F2O4S/c1-9(2,3)15-8(12)6-16(13,14)5-4-7(10)11/h7H,4-6H2,1-3H3. The van der Waals surface area contributed by atoms with E-state index in [9.17, 15) is 22.0 Å². The number of ether oxygens (including phenoxy) is 1. The first-order chi connectivity index (χ1) is 7.02. The first kappa shape index (κ1) is 15.3. The van der Waals surface area contributed by atoms with Gasteiger partial charge in [-0.05, 0) is 20.8 Å². The molecule has 0 aromatic rings. The van der Waals surface area contributed by atoms with Crippen LogP contribution in [0.4, 0.5) is 8.78 Å². The van der Waals surface area contributed by atoms with Gasteiger partial charge in [-0.3, -0.25) is 4.79 Å². The molecule has 0 heterocycles. The van der Waals surface area contributed by atoms with Crippen LogP contribution in [-0.2, 0) is 19.4 Å². The van der Waals surface area contributed by atoms with Crippen molar-refractivity contribution in [2.45, 2.75) is 39.2 Å². The number of carbonyl (C=O) groups is 1. The van der Waals surface area contributed by atoms with Gasteiger partial charge in [0.05, 0.1) is 5.75 Å². The van der Waals surface area contributed by atoms with Crippen molar-refractivity contribution >= 4 is 15.8 Å². The molecule has 0 amide bonds. The topological polar surface area (TPSA) is 60.4 Å². The summed E-state index contributed by atoms with van der Waals surface area (Å²) in [4.78, 5) is 11.1. The van der Waals surface area contributed by atoms with Crippen molar-refractivity contribution in [2.75, 3.05) is 11.5 Å². The van der Waals surface area contributed by atoms with E-state index in [0.717, 1.165) is 0 Å². The first-order valence-corrected chi connectivity index (χ1v) is 6.54. The second-order valence-corrected chi connectivity index (χ2v) is 6.54. The molecular formula is C9H16F2O4S. The average molecular weight is 258 g/mol. The molecule has 0 aliphatic carbocycles. The third kappa shape index (κ3) is 8.58. The molecule has 16 heavy (non-hydrogen) atoms. The number of alkyl halides is 2. The molecule has 0 atom stereocenters. The Bertz CT molecular complexity index is 330. The molecule has 0 aromatic carbocycles. The molecule has 0 saturated heterocycles. The van der Waals surface area contributed by atoms with Crippen LogP contribution in [0.25, 0.3) is 0 Å². The maximum Gasteiger partial charge on any atom is 0.321 e. The fourth-order valence-electron chi connectivity index (χ4n) is 0.891. The highest BCUT2D eigenvalue weighted by Crippen LogP contribution is 2.09. The molecule has 7 heteroatoms. The summed E-state index contributed by atoms with van der Waals surface area (Å²) < 4.78 is 50.8. The lowest BCUT2D eigenvalue weighted by atomic mass is 10.2. The molecule has 4 nitrogen and oxygen atoms in total. The van der Waals surface area contributed by atoms with Gasteiger partial charge in [0.25, 0.3) is 0 Å². The number of sulfone groups is 1. The lowest BCUT2D eigenvalue weighted by molar-refractivity contribution is -0.151. The van der Waals surface area contributed by atoms with Crippen LogP contribution in [0, 0.1) is 0 Å². The molecule has 0 aliphatic rings. The molecule has 0 rings (SSSR count). The summed E-state index contributed by atoms with van der Waals surface area (Å²) in [6.07, 6.45) is -3.45. The van der Waals surface area contributed by atoms with Crippen molar-refractivity contribution in [3.63, 3.8) is 0 Å². The van der Waals surface area contributed by atoms with E-state index in [-0.39, 0.29) is 0 Å². The number of hydrogen-bond acceptors (Lipinski definition) is 4. The van der Waals surface area contributed by atoms with Gasteiger partial charge in [-0.25, -0.2) is 17.2 Å². The highest BCUT2D eigenvalue weighted by atomic mass is 32.2. The molecule has 0 spiro atoms. The molecule has 0 fully saturated rings. The summed E-state index contributed by atoms with van der Waals surface area (Å²) in [5.74, 6) is -2.47. The summed E-state index contributed by atoms with van der Waals surface area (Å²) in [5, 5.41) is 0.